The summed E-state index contributed by atoms with van der Waals surface area (Å²) in [6.07, 6.45) is 5.17. The molecule has 4 heteroatoms. The summed E-state index contributed by atoms with van der Waals surface area (Å²) in [5.41, 5.74) is 2.90. The summed E-state index contributed by atoms with van der Waals surface area (Å²) in [6.45, 7) is 0. The Balaban J connectivity index is 2.44. The van der Waals surface area contributed by atoms with E-state index in [1.165, 1.54) is 0 Å². The lowest BCUT2D eigenvalue weighted by Gasteiger charge is -2.06. The number of nitrogens with zero attached hydrogens (tertiary/aromatic N) is 2. The molecule has 94 valence electrons. The second-order valence-electron chi connectivity index (χ2n) is 4.27. The van der Waals surface area contributed by atoms with Crippen LogP contribution in [0.3, 0.4) is 0 Å². The van der Waals surface area contributed by atoms with Crippen LogP contribution >= 0.6 is 0 Å². The molecule has 0 saturated heterocycles. The van der Waals surface area contributed by atoms with Crippen LogP contribution in [0.15, 0.2) is 46.2 Å². The van der Waals surface area contributed by atoms with Crippen molar-refractivity contribution in [3.8, 4) is 0 Å². The summed E-state index contributed by atoms with van der Waals surface area (Å²) in [5.74, 6) is 0. The van der Waals surface area contributed by atoms with Gasteiger partial charge in [0.1, 0.15) is 0 Å². The highest BCUT2D eigenvalue weighted by molar-refractivity contribution is 6.27. The summed E-state index contributed by atoms with van der Waals surface area (Å²) < 4.78 is 0. The molecule has 0 unspecified atom stereocenters. The quantitative estimate of drug-likeness (QED) is 0.452. The van der Waals surface area contributed by atoms with Gasteiger partial charge in [-0.3, -0.25) is 0 Å². The Morgan fingerprint density at radius 3 is 1.94 bits per heavy atom. The normalized spacial score (nSPS) is 23.4. The predicted molar refractivity (Wildman–Crippen MR) is 71.3 cm³/mol. The largest absolute Gasteiger partial charge is 0.411 e. The minimum atomic E-state index is 0.587. The number of benzene rings is 1. The van der Waals surface area contributed by atoms with E-state index in [0.717, 1.165) is 24.0 Å². The van der Waals surface area contributed by atoms with Crippen molar-refractivity contribution >= 4 is 17.5 Å². The van der Waals surface area contributed by atoms with Crippen molar-refractivity contribution in [2.45, 2.75) is 25.7 Å². The van der Waals surface area contributed by atoms with Gasteiger partial charge in [-0.2, -0.15) is 0 Å². The summed E-state index contributed by atoms with van der Waals surface area (Å²) in [4.78, 5) is 0. The fourth-order valence-electron chi connectivity index (χ4n) is 2.11. The molecule has 1 saturated carbocycles. The Morgan fingerprint density at radius 2 is 1.44 bits per heavy atom. The van der Waals surface area contributed by atoms with Crippen molar-refractivity contribution in [2.24, 2.45) is 10.3 Å². The van der Waals surface area contributed by atoms with Crippen molar-refractivity contribution in [2.75, 3.05) is 0 Å². The van der Waals surface area contributed by atoms with Gasteiger partial charge in [0.25, 0.3) is 0 Å². The van der Waals surface area contributed by atoms with Gasteiger partial charge in [-0.1, -0.05) is 40.6 Å². The van der Waals surface area contributed by atoms with Crippen LogP contribution in [0.1, 0.15) is 31.2 Å². The van der Waals surface area contributed by atoms with E-state index in [1.54, 1.807) is 0 Å². The first-order valence-electron chi connectivity index (χ1n) is 6.04. The van der Waals surface area contributed by atoms with Crippen LogP contribution in [0.4, 0.5) is 0 Å². The zero-order chi connectivity index (χ0) is 12.8. The van der Waals surface area contributed by atoms with Crippen molar-refractivity contribution < 1.29 is 10.4 Å². The second-order valence-corrected chi connectivity index (χ2v) is 4.27. The maximum Gasteiger partial charge on any atom is 0.0887 e. The van der Waals surface area contributed by atoms with E-state index in [-0.39, 0.29) is 0 Å². The van der Waals surface area contributed by atoms with Gasteiger partial charge in [0.2, 0.25) is 0 Å². The van der Waals surface area contributed by atoms with Gasteiger partial charge in [-0.05, 0) is 37.3 Å². The standard InChI is InChI=1S/C14H16N2O2/c17-15-13-8-4-5-9-14(16-18)12(13)10-11-6-2-1-3-7-11/h1-3,6-7,10,17-18H,4-5,8-9H2/b12-10?,15-13+,16-14?. The average molecular weight is 244 g/mol. The molecule has 0 bridgehead atoms. The molecule has 2 rings (SSSR count). The fraction of sp³-hybridized carbons (Fsp3) is 0.286. The minimum Gasteiger partial charge on any atom is -0.411 e. The van der Waals surface area contributed by atoms with E-state index < -0.39 is 0 Å². The summed E-state index contributed by atoms with van der Waals surface area (Å²) >= 11 is 0. The van der Waals surface area contributed by atoms with Gasteiger partial charge >= 0.3 is 0 Å². The Bertz CT molecular complexity index is 466. The highest BCUT2D eigenvalue weighted by atomic mass is 16.4. The molecule has 0 aliphatic heterocycles. The molecule has 0 atom stereocenters. The molecule has 1 fully saturated rings. The summed E-state index contributed by atoms with van der Waals surface area (Å²) in [6, 6.07) is 9.74. The first kappa shape index (κ1) is 12.4. The molecule has 1 aromatic carbocycles. The molecular weight excluding hydrogens is 228 g/mol. The number of hydrogen-bond acceptors (Lipinski definition) is 4. The van der Waals surface area contributed by atoms with E-state index in [2.05, 4.69) is 10.3 Å². The number of oxime groups is 2. The molecule has 1 aromatic rings. The molecule has 4 nitrogen and oxygen atoms in total. The lowest BCUT2D eigenvalue weighted by Crippen LogP contribution is -2.10. The number of hydrogen-bond donors (Lipinski definition) is 2. The SMILES string of the molecule is ON=C1CCCC/C(=N\O)C1=Cc1ccccc1. The van der Waals surface area contributed by atoms with Crippen molar-refractivity contribution in [1.82, 2.24) is 0 Å². The Hall–Kier alpha value is -2.10. The highest BCUT2D eigenvalue weighted by Crippen LogP contribution is 2.21. The number of rotatable bonds is 1. The third kappa shape index (κ3) is 2.77. The van der Waals surface area contributed by atoms with Gasteiger partial charge in [0.05, 0.1) is 11.4 Å². The van der Waals surface area contributed by atoms with Crippen molar-refractivity contribution in [3.05, 3.63) is 41.5 Å². The molecule has 0 amide bonds. The van der Waals surface area contributed by atoms with Crippen LogP contribution < -0.4 is 0 Å². The van der Waals surface area contributed by atoms with E-state index in [4.69, 9.17) is 10.4 Å². The number of allylic oxidation sites excluding steroid dienone is 1. The van der Waals surface area contributed by atoms with Gasteiger partial charge in [-0.25, -0.2) is 0 Å². The lowest BCUT2D eigenvalue weighted by atomic mass is 10.0. The second kappa shape index (κ2) is 6.00. The minimum absolute atomic E-state index is 0.587. The van der Waals surface area contributed by atoms with Gasteiger partial charge < -0.3 is 10.4 Å². The maximum absolute atomic E-state index is 9.09. The van der Waals surface area contributed by atoms with Gasteiger partial charge in [-0.15, -0.1) is 0 Å². The molecule has 18 heavy (non-hydrogen) atoms. The van der Waals surface area contributed by atoms with Gasteiger partial charge in [0, 0.05) is 5.57 Å². The van der Waals surface area contributed by atoms with E-state index >= 15 is 0 Å². The molecule has 0 heterocycles. The molecule has 0 spiro atoms. The summed E-state index contributed by atoms with van der Waals surface area (Å²) in [7, 11) is 0. The van der Waals surface area contributed by atoms with Crippen LogP contribution in [-0.4, -0.2) is 21.8 Å². The molecule has 1 aliphatic carbocycles. The fourth-order valence-corrected chi connectivity index (χ4v) is 2.11. The average Bonchev–Trinajstić information content (AvgIpc) is 2.62. The molecule has 0 aromatic heterocycles. The Morgan fingerprint density at radius 1 is 0.889 bits per heavy atom. The van der Waals surface area contributed by atoms with Crippen molar-refractivity contribution in [1.29, 1.82) is 0 Å². The molecule has 1 aliphatic rings. The van der Waals surface area contributed by atoms with Crippen LogP contribution in [-0.2, 0) is 0 Å². The summed E-state index contributed by atoms with van der Waals surface area (Å²) in [5, 5.41) is 24.9. The third-order valence-corrected chi connectivity index (χ3v) is 3.05. The predicted octanol–water partition coefficient (Wildman–Crippen LogP) is 3.30. The van der Waals surface area contributed by atoms with Crippen LogP contribution in [0, 0.1) is 0 Å². The van der Waals surface area contributed by atoms with E-state index in [0.29, 0.717) is 24.3 Å². The smallest absolute Gasteiger partial charge is 0.0887 e. The van der Waals surface area contributed by atoms with Crippen LogP contribution in [0.25, 0.3) is 6.08 Å². The maximum atomic E-state index is 9.09. The van der Waals surface area contributed by atoms with Crippen LogP contribution in [0.2, 0.25) is 0 Å². The lowest BCUT2D eigenvalue weighted by molar-refractivity contribution is 0.316. The molecule has 2 N–H and O–H groups in total. The third-order valence-electron chi connectivity index (χ3n) is 3.05. The van der Waals surface area contributed by atoms with Gasteiger partial charge in [0.15, 0.2) is 0 Å². The Labute approximate surface area is 106 Å². The van der Waals surface area contributed by atoms with E-state index in [9.17, 15) is 0 Å². The molecular formula is C14H16N2O2. The van der Waals surface area contributed by atoms with E-state index in [1.807, 2.05) is 36.4 Å². The zero-order valence-electron chi connectivity index (χ0n) is 10.1. The first-order valence-corrected chi connectivity index (χ1v) is 6.04. The van der Waals surface area contributed by atoms with Crippen LogP contribution in [0.5, 0.6) is 0 Å². The Kier molecular flexibility index (Phi) is 4.12. The zero-order valence-corrected chi connectivity index (χ0v) is 10.1. The van der Waals surface area contributed by atoms with Crippen molar-refractivity contribution in [3.63, 3.8) is 0 Å². The molecule has 0 radical (unpaired) electrons. The monoisotopic (exact) mass is 244 g/mol. The highest BCUT2D eigenvalue weighted by Gasteiger charge is 2.19. The first-order chi connectivity index (χ1) is 8.85. The topological polar surface area (TPSA) is 65.2 Å².